The lowest BCUT2D eigenvalue weighted by molar-refractivity contribution is -0.00521. The summed E-state index contributed by atoms with van der Waals surface area (Å²) in [5.41, 5.74) is 1.37. The van der Waals surface area contributed by atoms with Gasteiger partial charge in [-0.15, -0.1) is 10.2 Å². The van der Waals surface area contributed by atoms with Gasteiger partial charge in [0, 0.05) is 25.0 Å². The summed E-state index contributed by atoms with van der Waals surface area (Å²) in [5, 5.41) is 25.1. The molecule has 11 heteroatoms. The molecule has 0 aliphatic carbocycles. The summed E-state index contributed by atoms with van der Waals surface area (Å²) in [6.07, 6.45) is 1.51. The number of nitrogens with zero attached hydrogens (tertiary/aromatic N) is 5. The van der Waals surface area contributed by atoms with Crippen LogP contribution >= 0.6 is 0 Å². The second-order valence-corrected chi connectivity index (χ2v) is 9.96. The van der Waals surface area contributed by atoms with Crippen LogP contribution in [0.1, 0.15) is 33.5 Å². The lowest BCUT2D eigenvalue weighted by Crippen LogP contribution is -2.45. The molecule has 30 heavy (non-hydrogen) atoms. The Morgan fingerprint density at radius 1 is 1.37 bits per heavy atom. The van der Waals surface area contributed by atoms with Crippen LogP contribution in [0, 0.1) is 11.3 Å². The highest BCUT2D eigenvalue weighted by molar-refractivity contribution is 7.92. The molecule has 10 nitrogen and oxygen atoms in total. The van der Waals surface area contributed by atoms with Gasteiger partial charge in [-0.2, -0.15) is 10.5 Å². The fraction of sp³-hybridized carbons (Fsp3) is 0.474. The molecule has 160 valence electrons. The monoisotopic (exact) mass is 431 g/mol. The molecule has 1 aliphatic heterocycles. The smallest absolute Gasteiger partial charge is 0.216 e. The molecule has 1 aliphatic rings. The molecule has 1 aromatic heterocycles. The fourth-order valence-electron chi connectivity index (χ4n) is 3.29. The molecular weight excluding hydrogens is 406 g/mol. The Hall–Kier alpha value is -2.97. The quantitative estimate of drug-likeness (QED) is 0.658. The molecule has 0 bridgehead atoms. The third-order valence-corrected chi connectivity index (χ3v) is 6.96. The minimum absolute atomic E-state index is 0.0626. The van der Waals surface area contributed by atoms with Crippen LogP contribution in [0.4, 0.5) is 11.4 Å². The maximum absolute atomic E-state index is 12.9. The van der Waals surface area contributed by atoms with E-state index in [0.717, 1.165) is 5.69 Å². The molecular formula is C19H25N7O3S. The highest BCUT2D eigenvalue weighted by Gasteiger charge is 2.26. The average Bonchev–Trinajstić information content (AvgIpc) is 3.22. The summed E-state index contributed by atoms with van der Waals surface area (Å²) in [4.78, 5) is 2.32. The second-order valence-electron chi connectivity index (χ2n) is 7.49. The van der Waals surface area contributed by atoms with Gasteiger partial charge in [0.1, 0.15) is 11.6 Å². The van der Waals surface area contributed by atoms with Gasteiger partial charge in [0.15, 0.2) is 9.84 Å². The summed E-state index contributed by atoms with van der Waals surface area (Å²) in [6, 6.07) is 7.17. The van der Waals surface area contributed by atoms with Gasteiger partial charge >= 0.3 is 0 Å². The molecule has 2 aromatic rings. The van der Waals surface area contributed by atoms with Gasteiger partial charge in [-0.05, 0) is 51.1 Å². The topological polar surface area (TPSA) is 137 Å². The minimum Gasteiger partial charge on any atom is -0.372 e. The van der Waals surface area contributed by atoms with Gasteiger partial charge in [0.25, 0.3) is 0 Å². The Morgan fingerprint density at radius 3 is 2.63 bits per heavy atom. The van der Waals surface area contributed by atoms with E-state index in [0.29, 0.717) is 18.8 Å². The van der Waals surface area contributed by atoms with E-state index in [1.807, 2.05) is 19.9 Å². The van der Waals surface area contributed by atoms with Crippen molar-refractivity contribution in [3.05, 3.63) is 30.2 Å². The van der Waals surface area contributed by atoms with Crippen LogP contribution in [0.5, 0.6) is 0 Å². The standard InChI is InChI=1S/C19H25N7O3S/c1-12(2)30(27,28)18-6-5-16(26-10-13(3)29-14(4)11-26)7-17(18)21-9-15(8-20)19-22-24-25-23-19/h5-7,9,12-14,21H,10-11H2,1-4H3,(H,22,23,24,25). The number of sulfone groups is 1. The van der Waals surface area contributed by atoms with Crippen molar-refractivity contribution in [2.75, 3.05) is 23.3 Å². The summed E-state index contributed by atoms with van der Waals surface area (Å²) >= 11 is 0. The SMILES string of the molecule is CC1CN(c2ccc(S(=O)(=O)C(C)C)c(NC=C(C#N)c3nn[nH]n3)c2)CC(C)O1. The van der Waals surface area contributed by atoms with Crippen molar-refractivity contribution < 1.29 is 13.2 Å². The van der Waals surface area contributed by atoms with Crippen LogP contribution in [0.2, 0.25) is 0 Å². The van der Waals surface area contributed by atoms with Crippen molar-refractivity contribution in [2.24, 2.45) is 0 Å². The number of tetrazole rings is 1. The van der Waals surface area contributed by atoms with Gasteiger partial charge in [-0.1, -0.05) is 0 Å². The molecule has 2 atom stereocenters. The minimum atomic E-state index is -3.55. The first kappa shape index (κ1) is 21.7. The number of nitrogens with one attached hydrogen (secondary N) is 2. The van der Waals surface area contributed by atoms with Crippen molar-refractivity contribution in [3.8, 4) is 6.07 Å². The third kappa shape index (κ3) is 4.60. The number of hydrogen-bond donors (Lipinski definition) is 2. The van der Waals surface area contributed by atoms with Gasteiger partial charge in [-0.25, -0.2) is 8.42 Å². The van der Waals surface area contributed by atoms with Crippen molar-refractivity contribution in [3.63, 3.8) is 0 Å². The molecule has 1 fully saturated rings. The van der Waals surface area contributed by atoms with Crippen molar-refractivity contribution in [1.82, 2.24) is 20.6 Å². The number of H-pyrrole nitrogens is 1. The van der Waals surface area contributed by atoms with Crippen LogP contribution in [-0.2, 0) is 14.6 Å². The van der Waals surface area contributed by atoms with Crippen molar-refractivity contribution in [1.29, 1.82) is 5.26 Å². The molecule has 0 amide bonds. The van der Waals surface area contributed by atoms with E-state index >= 15 is 0 Å². The Kier molecular flexibility index (Phi) is 6.38. The molecule has 0 radical (unpaired) electrons. The first-order chi connectivity index (χ1) is 14.2. The predicted octanol–water partition coefficient (Wildman–Crippen LogP) is 1.97. The number of aromatic nitrogens is 4. The van der Waals surface area contributed by atoms with E-state index in [9.17, 15) is 13.7 Å². The Balaban J connectivity index is 2.02. The summed E-state index contributed by atoms with van der Waals surface area (Å²) in [6.45, 7) is 8.67. The van der Waals surface area contributed by atoms with E-state index in [2.05, 4.69) is 30.8 Å². The Morgan fingerprint density at radius 2 is 2.07 bits per heavy atom. The fourth-order valence-corrected chi connectivity index (χ4v) is 4.48. The zero-order valence-corrected chi connectivity index (χ0v) is 18.1. The van der Waals surface area contributed by atoms with Crippen molar-refractivity contribution >= 4 is 26.8 Å². The summed E-state index contributed by atoms with van der Waals surface area (Å²) < 4.78 is 31.6. The molecule has 0 spiro atoms. The zero-order chi connectivity index (χ0) is 21.9. The van der Waals surface area contributed by atoms with Gasteiger partial charge < -0.3 is 15.0 Å². The van der Waals surface area contributed by atoms with Gasteiger partial charge in [0.2, 0.25) is 5.82 Å². The van der Waals surface area contributed by atoms with Gasteiger partial charge in [-0.3, -0.25) is 0 Å². The maximum atomic E-state index is 12.9. The maximum Gasteiger partial charge on any atom is 0.216 e. The lowest BCUT2D eigenvalue weighted by atomic mass is 10.2. The van der Waals surface area contributed by atoms with Crippen LogP contribution in [-0.4, -0.2) is 59.6 Å². The molecule has 2 heterocycles. The van der Waals surface area contributed by atoms with E-state index in [1.165, 1.54) is 6.20 Å². The molecule has 0 saturated carbocycles. The zero-order valence-electron chi connectivity index (χ0n) is 17.3. The van der Waals surface area contributed by atoms with E-state index in [-0.39, 0.29) is 28.5 Å². The lowest BCUT2D eigenvalue weighted by Gasteiger charge is -2.37. The number of morpholine rings is 1. The number of benzene rings is 1. The number of aromatic amines is 1. The highest BCUT2D eigenvalue weighted by Crippen LogP contribution is 2.31. The number of hydrogen-bond acceptors (Lipinski definition) is 9. The first-order valence-electron chi connectivity index (χ1n) is 9.61. The number of anilines is 2. The van der Waals surface area contributed by atoms with E-state index < -0.39 is 15.1 Å². The third-order valence-electron chi connectivity index (χ3n) is 4.75. The van der Waals surface area contributed by atoms with Gasteiger partial charge in [0.05, 0.1) is 28.0 Å². The normalized spacial score (nSPS) is 20.3. The summed E-state index contributed by atoms with van der Waals surface area (Å²) in [5.74, 6) is 0.116. The first-order valence-corrected chi connectivity index (χ1v) is 11.2. The van der Waals surface area contributed by atoms with Crippen molar-refractivity contribution in [2.45, 2.75) is 50.0 Å². The van der Waals surface area contributed by atoms with Crippen LogP contribution in [0.15, 0.2) is 29.3 Å². The second kappa shape index (κ2) is 8.81. The largest absolute Gasteiger partial charge is 0.372 e. The van der Waals surface area contributed by atoms with E-state index in [1.54, 1.807) is 32.0 Å². The number of allylic oxidation sites excluding steroid dienone is 1. The molecule has 3 rings (SSSR count). The van der Waals surface area contributed by atoms with Crippen LogP contribution < -0.4 is 10.2 Å². The van der Waals surface area contributed by atoms with Crippen LogP contribution in [0.3, 0.4) is 0 Å². The number of rotatable bonds is 6. The number of ether oxygens (including phenoxy) is 1. The average molecular weight is 432 g/mol. The predicted molar refractivity (Wildman–Crippen MR) is 112 cm³/mol. The highest BCUT2D eigenvalue weighted by atomic mass is 32.2. The molecule has 1 saturated heterocycles. The number of nitriles is 1. The van der Waals surface area contributed by atoms with E-state index in [4.69, 9.17) is 4.74 Å². The Labute approximate surface area is 175 Å². The summed E-state index contributed by atoms with van der Waals surface area (Å²) in [7, 11) is -3.55. The van der Waals surface area contributed by atoms with Crippen LogP contribution in [0.25, 0.3) is 5.57 Å². The Bertz CT molecular complexity index is 1050. The molecule has 1 aromatic carbocycles. The molecule has 2 N–H and O–H groups in total. The molecule has 2 unspecified atom stereocenters.